The van der Waals surface area contributed by atoms with E-state index in [1.807, 2.05) is 0 Å². The molecule has 3 heterocycles. The van der Waals surface area contributed by atoms with Gasteiger partial charge in [-0.15, -0.1) is 0 Å². The van der Waals surface area contributed by atoms with Crippen LogP contribution in [0.3, 0.4) is 0 Å². The fraction of sp³-hybridized carbons (Fsp3) is 0.875. The highest BCUT2D eigenvalue weighted by Crippen LogP contribution is 2.82. The van der Waals surface area contributed by atoms with Crippen LogP contribution in [-0.2, 0) is 33.3 Å². The molecule has 4 saturated carbocycles. The maximum Gasteiger partial charge on any atom is 0.309 e. The lowest BCUT2D eigenvalue weighted by molar-refractivity contribution is -0.184. The molecular formula is C24H30O7. The Labute approximate surface area is 181 Å². The highest BCUT2D eigenvalue weighted by atomic mass is 16.6. The summed E-state index contributed by atoms with van der Waals surface area (Å²) in [6.45, 7) is 4.50. The van der Waals surface area contributed by atoms with Gasteiger partial charge in [-0.3, -0.25) is 14.4 Å². The third kappa shape index (κ3) is 1.77. The Morgan fingerprint density at radius 3 is 2.58 bits per heavy atom. The van der Waals surface area contributed by atoms with Gasteiger partial charge in [0.25, 0.3) is 0 Å². The summed E-state index contributed by atoms with van der Waals surface area (Å²) in [4.78, 5) is 37.9. The Morgan fingerprint density at radius 1 is 1.06 bits per heavy atom. The van der Waals surface area contributed by atoms with Gasteiger partial charge in [-0.2, -0.15) is 0 Å². The first-order chi connectivity index (χ1) is 14.7. The Morgan fingerprint density at radius 2 is 1.87 bits per heavy atom. The van der Waals surface area contributed by atoms with Gasteiger partial charge in [-0.05, 0) is 44.4 Å². The molecule has 0 aromatic heterocycles. The van der Waals surface area contributed by atoms with Crippen molar-refractivity contribution in [2.75, 3.05) is 7.11 Å². The molecule has 0 aromatic rings. The van der Waals surface area contributed by atoms with E-state index in [-0.39, 0.29) is 52.4 Å². The highest BCUT2D eigenvalue weighted by Gasteiger charge is 2.91. The van der Waals surface area contributed by atoms with Crippen LogP contribution in [-0.4, -0.2) is 53.8 Å². The zero-order valence-corrected chi connectivity index (χ0v) is 18.4. The van der Waals surface area contributed by atoms with Crippen molar-refractivity contribution in [3.63, 3.8) is 0 Å². The van der Waals surface area contributed by atoms with E-state index < -0.39 is 22.9 Å². The summed E-state index contributed by atoms with van der Waals surface area (Å²) >= 11 is 0. The van der Waals surface area contributed by atoms with Crippen molar-refractivity contribution in [2.24, 2.45) is 28.6 Å². The SMILES string of the molecule is COC(=O)C1C[C@]23O[C@H]2C(=O)CC[C@]3(C)[C@]23O[C@H]2C[C@@]2(C)C(CCC24CCC(=O)O4)C13. The lowest BCUT2D eigenvalue weighted by Crippen LogP contribution is -2.68. The molecule has 4 unspecified atom stereocenters. The van der Waals surface area contributed by atoms with Crippen molar-refractivity contribution in [1.82, 2.24) is 0 Å². The molecule has 0 radical (unpaired) electrons. The highest BCUT2D eigenvalue weighted by molar-refractivity contribution is 5.89. The van der Waals surface area contributed by atoms with E-state index in [1.165, 1.54) is 7.11 Å². The van der Waals surface area contributed by atoms with Crippen LogP contribution in [0.15, 0.2) is 0 Å². The predicted molar refractivity (Wildman–Crippen MR) is 105 cm³/mol. The van der Waals surface area contributed by atoms with Crippen LogP contribution in [0, 0.1) is 28.6 Å². The first-order valence-electron chi connectivity index (χ1n) is 11.9. The summed E-state index contributed by atoms with van der Waals surface area (Å²) in [6, 6.07) is 0. The maximum atomic E-state index is 13.2. The molecule has 3 spiro atoms. The smallest absolute Gasteiger partial charge is 0.309 e. The quantitative estimate of drug-likeness (QED) is 0.465. The lowest BCUT2D eigenvalue weighted by Gasteiger charge is -2.59. The molecule has 0 aromatic carbocycles. The molecule has 3 aliphatic heterocycles. The molecule has 31 heavy (non-hydrogen) atoms. The number of carbonyl (C=O) groups is 3. The van der Waals surface area contributed by atoms with Crippen LogP contribution in [0.5, 0.6) is 0 Å². The second-order valence-corrected chi connectivity index (χ2v) is 11.7. The fourth-order valence-electron chi connectivity index (χ4n) is 9.63. The zero-order chi connectivity index (χ0) is 21.6. The molecule has 4 aliphatic carbocycles. The number of methoxy groups -OCH3 is 1. The lowest BCUT2D eigenvalue weighted by atomic mass is 9.41. The molecule has 0 amide bonds. The van der Waals surface area contributed by atoms with E-state index in [0.717, 1.165) is 32.1 Å². The number of Topliss-reactive ketones (excluding diaryl/α,β-unsaturated/α-hetero) is 1. The van der Waals surface area contributed by atoms with Crippen LogP contribution < -0.4 is 0 Å². The summed E-state index contributed by atoms with van der Waals surface area (Å²) in [5.74, 6) is -0.325. The fourth-order valence-corrected chi connectivity index (χ4v) is 9.63. The Balaban J connectivity index is 1.37. The van der Waals surface area contributed by atoms with Crippen molar-refractivity contribution >= 4 is 17.7 Å². The van der Waals surface area contributed by atoms with Gasteiger partial charge in [0, 0.05) is 29.6 Å². The first-order valence-corrected chi connectivity index (χ1v) is 11.9. The Hall–Kier alpha value is -1.47. The molecule has 0 N–H and O–H groups in total. The summed E-state index contributed by atoms with van der Waals surface area (Å²) in [5.41, 5.74) is -2.00. The number of ketones is 1. The normalized spacial score (nSPS) is 60.3. The molecule has 7 rings (SSSR count). The monoisotopic (exact) mass is 430 g/mol. The second-order valence-electron chi connectivity index (χ2n) is 11.7. The van der Waals surface area contributed by atoms with E-state index in [9.17, 15) is 14.4 Å². The summed E-state index contributed by atoms with van der Waals surface area (Å²) in [7, 11) is 1.44. The molecule has 10 atom stereocenters. The molecule has 7 aliphatic rings. The van der Waals surface area contributed by atoms with Crippen LogP contribution in [0.1, 0.15) is 65.2 Å². The maximum absolute atomic E-state index is 13.2. The summed E-state index contributed by atoms with van der Waals surface area (Å²) in [5, 5.41) is 0. The van der Waals surface area contributed by atoms with E-state index in [4.69, 9.17) is 18.9 Å². The van der Waals surface area contributed by atoms with Crippen molar-refractivity contribution in [3.05, 3.63) is 0 Å². The van der Waals surface area contributed by atoms with E-state index in [0.29, 0.717) is 19.3 Å². The number of fused-ring (bicyclic) bond motifs is 3. The molecule has 7 fully saturated rings. The van der Waals surface area contributed by atoms with Crippen LogP contribution in [0.25, 0.3) is 0 Å². The minimum absolute atomic E-state index is 0.000380. The van der Waals surface area contributed by atoms with Crippen molar-refractivity contribution in [1.29, 1.82) is 0 Å². The van der Waals surface area contributed by atoms with Gasteiger partial charge in [-0.25, -0.2) is 0 Å². The minimum atomic E-state index is -0.601. The average molecular weight is 430 g/mol. The standard InChI is InChI=1S/C24H30O7/c1-20-11-15-24(29-15)17(13(20)4-8-22(20)9-6-16(26)30-22)12(19(27)28-3)10-23-18(31-23)14(25)5-7-21(23,24)2/h12-13,15,17-18H,4-11H2,1-3H3/t12?,13?,15-,17?,18-,20-,21-,22?,23-,24-/m0/s1. The van der Waals surface area contributed by atoms with Crippen molar-refractivity contribution in [3.8, 4) is 0 Å². The summed E-state index contributed by atoms with van der Waals surface area (Å²) in [6.07, 6.45) is 5.22. The number of hydrogen-bond donors (Lipinski definition) is 0. The van der Waals surface area contributed by atoms with E-state index in [2.05, 4.69) is 13.8 Å². The van der Waals surface area contributed by atoms with Crippen molar-refractivity contribution < 1.29 is 33.3 Å². The third-order valence-corrected chi connectivity index (χ3v) is 11.2. The predicted octanol–water partition coefficient (Wildman–Crippen LogP) is 2.34. The van der Waals surface area contributed by atoms with Crippen molar-refractivity contribution in [2.45, 2.75) is 94.2 Å². The number of esters is 2. The number of epoxide rings is 2. The van der Waals surface area contributed by atoms with Gasteiger partial charge in [-0.1, -0.05) is 13.8 Å². The molecule has 7 nitrogen and oxygen atoms in total. The third-order valence-electron chi connectivity index (χ3n) is 11.2. The Bertz CT molecular complexity index is 946. The number of rotatable bonds is 1. The summed E-state index contributed by atoms with van der Waals surface area (Å²) < 4.78 is 24.2. The molecule has 168 valence electrons. The van der Waals surface area contributed by atoms with E-state index >= 15 is 0 Å². The molecule has 0 bridgehead atoms. The zero-order valence-electron chi connectivity index (χ0n) is 18.4. The van der Waals surface area contributed by atoms with Gasteiger partial charge < -0.3 is 18.9 Å². The van der Waals surface area contributed by atoms with Gasteiger partial charge in [0.05, 0.1) is 19.1 Å². The van der Waals surface area contributed by atoms with Gasteiger partial charge in [0.15, 0.2) is 5.78 Å². The molecule has 7 heteroatoms. The van der Waals surface area contributed by atoms with Crippen LogP contribution >= 0.6 is 0 Å². The number of carbonyl (C=O) groups excluding carboxylic acids is 3. The average Bonchev–Trinajstić information content (AvgIpc) is 3.59. The van der Waals surface area contributed by atoms with Gasteiger partial charge in [0.1, 0.15) is 22.9 Å². The first kappa shape index (κ1) is 19.0. The molecular weight excluding hydrogens is 400 g/mol. The number of ether oxygens (including phenoxy) is 4. The largest absolute Gasteiger partial charge is 0.469 e. The second kappa shape index (κ2) is 5.19. The number of hydrogen-bond acceptors (Lipinski definition) is 7. The Kier molecular flexibility index (Phi) is 3.19. The topological polar surface area (TPSA) is 94.7 Å². The van der Waals surface area contributed by atoms with Crippen LogP contribution in [0.4, 0.5) is 0 Å². The molecule has 3 saturated heterocycles. The minimum Gasteiger partial charge on any atom is -0.469 e. The van der Waals surface area contributed by atoms with Gasteiger partial charge >= 0.3 is 11.9 Å². The van der Waals surface area contributed by atoms with E-state index in [1.54, 1.807) is 0 Å². The van der Waals surface area contributed by atoms with Crippen LogP contribution in [0.2, 0.25) is 0 Å². The van der Waals surface area contributed by atoms with Gasteiger partial charge in [0.2, 0.25) is 0 Å².